The zero-order chi connectivity index (χ0) is 20.9. The SMILES string of the molecule is C=C.O=C1C=CC(=O)C=C1.c1ccc(P(c2ccccc2)c2ccccc2)cc1. The van der Waals surface area contributed by atoms with Crippen LogP contribution in [0.2, 0.25) is 0 Å². The number of hydrogen-bond acceptors (Lipinski definition) is 2. The first kappa shape index (κ1) is 21.9. The molecule has 0 aromatic heterocycles. The topological polar surface area (TPSA) is 34.1 Å². The third-order valence-electron chi connectivity index (χ3n) is 3.87. The van der Waals surface area contributed by atoms with Crippen molar-refractivity contribution in [1.82, 2.24) is 0 Å². The van der Waals surface area contributed by atoms with E-state index in [-0.39, 0.29) is 11.6 Å². The predicted octanol–water partition coefficient (Wildman–Crippen LogP) is 4.50. The van der Waals surface area contributed by atoms with Gasteiger partial charge in [-0.1, -0.05) is 91.0 Å². The lowest BCUT2D eigenvalue weighted by molar-refractivity contribution is -0.113. The van der Waals surface area contributed by atoms with Crippen LogP contribution in [0.25, 0.3) is 0 Å². The lowest BCUT2D eigenvalue weighted by Crippen LogP contribution is -2.20. The Morgan fingerprint density at radius 1 is 0.448 bits per heavy atom. The van der Waals surface area contributed by atoms with E-state index in [0.29, 0.717) is 0 Å². The van der Waals surface area contributed by atoms with Gasteiger partial charge in [-0.3, -0.25) is 9.59 Å². The van der Waals surface area contributed by atoms with Crippen LogP contribution in [-0.2, 0) is 9.59 Å². The van der Waals surface area contributed by atoms with Crippen molar-refractivity contribution < 1.29 is 9.59 Å². The molecule has 29 heavy (non-hydrogen) atoms. The Balaban J connectivity index is 0.000000252. The van der Waals surface area contributed by atoms with Crippen LogP contribution < -0.4 is 15.9 Å². The van der Waals surface area contributed by atoms with E-state index >= 15 is 0 Å². The van der Waals surface area contributed by atoms with E-state index in [0.717, 1.165) is 0 Å². The maximum absolute atomic E-state index is 10.3. The summed E-state index contributed by atoms with van der Waals surface area (Å²) in [6.45, 7) is 6.00. The van der Waals surface area contributed by atoms with Crippen LogP contribution in [0.5, 0.6) is 0 Å². The molecular formula is C26H23O2P. The molecule has 0 unspecified atom stereocenters. The van der Waals surface area contributed by atoms with Gasteiger partial charge in [0.15, 0.2) is 11.6 Å². The highest BCUT2D eigenvalue weighted by molar-refractivity contribution is 7.79. The van der Waals surface area contributed by atoms with Gasteiger partial charge in [0, 0.05) is 0 Å². The maximum atomic E-state index is 10.3. The van der Waals surface area contributed by atoms with Crippen molar-refractivity contribution in [2.24, 2.45) is 0 Å². The molecule has 1 aliphatic rings. The van der Waals surface area contributed by atoms with Crippen molar-refractivity contribution in [2.75, 3.05) is 0 Å². The number of benzene rings is 3. The summed E-state index contributed by atoms with van der Waals surface area (Å²) in [5, 5.41) is 4.19. The van der Waals surface area contributed by atoms with Gasteiger partial charge < -0.3 is 0 Å². The maximum Gasteiger partial charge on any atom is 0.178 e. The monoisotopic (exact) mass is 398 g/mol. The molecule has 144 valence electrons. The molecule has 0 spiro atoms. The van der Waals surface area contributed by atoms with E-state index in [9.17, 15) is 9.59 Å². The first-order valence-electron chi connectivity index (χ1n) is 9.13. The standard InChI is InChI=1S/C18H15P.C6H4O2.C2H4/c1-4-10-16(11-5-1)19(17-12-6-2-7-13-17)18-14-8-3-9-15-18;7-5-1-2-6(8)4-3-5;1-2/h1-15H;1-4H;1-2H2. The normalized spacial score (nSPS) is 11.9. The first-order chi connectivity index (χ1) is 14.2. The predicted molar refractivity (Wildman–Crippen MR) is 125 cm³/mol. The average molecular weight is 398 g/mol. The molecular weight excluding hydrogens is 375 g/mol. The molecule has 2 nitrogen and oxygen atoms in total. The van der Waals surface area contributed by atoms with Crippen LogP contribution in [0.4, 0.5) is 0 Å². The zero-order valence-electron chi connectivity index (χ0n) is 16.1. The van der Waals surface area contributed by atoms with Crippen molar-refractivity contribution in [3.63, 3.8) is 0 Å². The van der Waals surface area contributed by atoms with E-state index < -0.39 is 7.92 Å². The second-order valence-electron chi connectivity index (χ2n) is 5.81. The summed E-state index contributed by atoms with van der Waals surface area (Å²) in [6.07, 6.45) is 5.01. The Morgan fingerprint density at radius 3 is 0.931 bits per heavy atom. The fourth-order valence-corrected chi connectivity index (χ4v) is 4.92. The molecule has 0 atom stereocenters. The minimum Gasteiger partial charge on any atom is -0.290 e. The van der Waals surface area contributed by atoms with E-state index in [1.165, 1.54) is 40.2 Å². The van der Waals surface area contributed by atoms with E-state index in [4.69, 9.17) is 0 Å². The molecule has 3 aromatic rings. The lowest BCUT2D eigenvalue weighted by Gasteiger charge is -2.18. The Bertz CT molecular complexity index is 829. The Labute approximate surface area is 173 Å². The van der Waals surface area contributed by atoms with E-state index in [2.05, 4.69) is 104 Å². The third-order valence-corrected chi connectivity index (χ3v) is 6.31. The van der Waals surface area contributed by atoms with Crippen LogP contribution in [0.15, 0.2) is 128 Å². The van der Waals surface area contributed by atoms with Crippen LogP contribution in [0, 0.1) is 0 Å². The van der Waals surface area contributed by atoms with Crippen molar-refractivity contribution in [1.29, 1.82) is 0 Å². The fourth-order valence-electron chi connectivity index (χ4n) is 2.62. The van der Waals surface area contributed by atoms with Gasteiger partial charge in [0.2, 0.25) is 0 Å². The highest BCUT2D eigenvalue weighted by atomic mass is 31.1. The van der Waals surface area contributed by atoms with Crippen molar-refractivity contribution in [3.05, 3.63) is 128 Å². The van der Waals surface area contributed by atoms with Crippen LogP contribution in [0.3, 0.4) is 0 Å². The van der Waals surface area contributed by atoms with Crippen molar-refractivity contribution in [2.45, 2.75) is 0 Å². The molecule has 0 fully saturated rings. The van der Waals surface area contributed by atoms with Gasteiger partial charge in [0.05, 0.1) is 0 Å². The molecule has 0 N–H and O–H groups in total. The molecule has 0 aliphatic heterocycles. The minimum atomic E-state index is -0.446. The number of carbonyl (C=O) groups excluding carboxylic acids is 2. The van der Waals surface area contributed by atoms with Crippen molar-refractivity contribution in [3.8, 4) is 0 Å². The van der Waals surface area contributed by atoms with Gasteiger partial charge in [0.25, 0.3) is 0 Å². The third kappa shape index (κ3) is 6.95. The van der Waals surface area contributed by atoms with Gasteiger partial charge in [-0.25, -0.2) is 0 Å². The Kier molecular flexibility index (Phi) is 9.21. The Morgan fingerprint density at radius 2 is 0.690 bits per heavy atom. The summed E-state index contributed by atoms with van der Waals surface area (Å²) >= 11 is 0. The lowest BCUT2D eigenvalue weighted by atomic mass is 10.2. The number of ketones is 2. The van der Waals surface area contributed by atoms with Gasteiger partial charge in [0.1, 0.15) is 0 Å². The molecule has 0 heterocycles. The smallest absolute Gasteiger partial charge is 0.178 e. The summed E-state index contributed by atoms with van der Waals surface area (Å²) < 4.78 is 0. The van der Waals surface area contributed by atoms with Crippen LogP contribution >= 0.6 is 7.92 Å². The highest BCUT2D eigenvalue weighted by Crippen LogP contribution is 2.32. The number of hydrogen-bond donors (Lipinski definition) is 0. The van der Waals surface area contributed by atoms with E-state index in [1.54, 1.807) is 0 Å². The van der Waals surface area contributed by atoms with Gasteiger partial charge in [-0.2, -0.15) is 0 Å². The summed E-state index contributed by atoms with van der Waals surface area (Å²) in [6, 6.07) is 32.3. The molecule has 3 heteroatoms. The van der Waals surface area contributed by atoms with E-state index in [1.807, 2.05) is 0 Å². The molecule has 0 saturated heterocycles. The molecule has 0 amide bonds. The molecule has 0 radical (unpaired) electrons. The second-order valence-corrected chi connectivity index (χ2v) is 8.03. The minimum absolute atomic E-state index is 0.121. The molecule has 3 aromatic carbocycles. The largest absolute Gasteiger partial charge is 0.290 e. The quantitative estimate of drug-likeness (QED) is 0.370. The number of allylic oxidation sites excluding steroid dienone is 4. The van der Waals surface area contributed by atoms with Crippen molar-refractivity contribution >= 4 is 35.4 Å². The molecule has 4 rings (SSSR count). The summed E-state index contributed by atoms with van der Waals surface area (Å²) in [5.41, 5.74) is 0. The summed E-state index contributed by atoms with van der Waals surface area (Å²) in [7, 11) is -0.446. The van der Waals surface area contributed by atoms with Gasteiger partial charge >= 0.3 is 0 Å². The molecule has 1 aliphatic carbocycles. The summed E-state index contributed by atoms with van der Waals surface area (Å²) in [5.74, 6) is -0.241. The average Bonchev–Trinajstić information content (AvgIpc) is 2.80. The Hall–Kier alpha value is -3.35. The molecule has 0 bridgehead atoms. The fraction of sp³-hybridized carbons (Fsp3) is 0. The van der Waals surface area contributed by atoms with Gasteiger partial charge in [-0.05, 0) is 48.1 Å². The number of rotatable bonds is 3. The van der Waals surface area contributed by atoms with Gasteiger partial charge in [-0.15, -0.1) is 13.2 Å². The molecule has 0 saturated carbocycles. The summed E-state index contributed by atoms with van der Waals surface area (Å²) in [4.78, 5) is 20.6. The number of carbonyl (C=O) groups is 2. The highest BCUT2D eigenvalue weighted by Gasteiger charge is 2.14. The second kappa shape index (κ2) is 12.2. The van der Waals surface area contributed by atoms with Crippen LogP contribution in [0.1, 0.15) is 0 Å². The zero-order valence-corrected chi connectivity index (χ0v) is 17.0. The first-order valence-corrected chi connectivity index (χ1v) is 10.5. The van der Waals surface area contributed by atoms with Crippen LogP contribution in [-0.4, -0.2) is 11.6 Å².